The van der Waals surface area contributed by atoms with Crippen LogP contribution in [0.2, 0.25) is 0 Å². The van der Waals surface area contributed by atoms with E-state index < -0.39 is 18.7 Å². The largest absolute Gasteiger partial charge is 0.493 e. The van der Waals surface area contributed by atoms with E-state index in [-0.39, 0.29) is 23.0 Å². The molecule has 0 radical (unpaired) electrons. The molecule has 11 nitrogen and oxygen atoms in total. The maximum absolute atomic E-state index is 12.8. The van der Waals surface area contributed by atoms with Crippen molar-refractivity contribution in [3.8, 4) is 28.9 Å². The van der Waals surface area contributed by atoms with Crippen LogP contribution in [0.1, 0.15) is 10.5 Å². The van der Waals surface area contributed by atoms with E-state index in [1.165, 1.54) is 43.4 Å². The summed E-state index contributed by atoms with van der Waals surface area (Å²) in [5.74, 6) is 0.662. The molecule has 14 heteroatoms. The Bertz CT molecular complexity index is 1440. The van der Waals surface area contributed by atoms with Gasteiger partial charge in [-0.1, -0.05) is 0 Å². The lowest BCUT2D eigenvalue weighted by Crippen LogP contribution is -2.21. The van der Waals surface area contributed by atoms with Gasteiger partial charge in [-0.25, -0.2) is 4.98 Å². The Morgan fingerprint density at radius 3 is 2.46 bits per heavy atom. The third kappa shape index (κ3) is 6.84. The second-order valence-corrected chi connectivity index (χ2v) is 8.09. The molecule has 0 atom stereocenters. The average molecular weight is 547 g/mol. The Morgan fingerprint density at radius 1 is 1.03 bits per heavy atom. The molecule has 2 N–H and O–H groups in total. The van der Waals surface area contributed by atoms with Crippen LogP contribution in [0.15, 0.2) is 48.9 Å². The van der Waals surface area contributed by atoms with Crippen molar-refractivity contribution in [3.63, 3.8) is 0 Å². The molecule has 0 unspecified atom stereocenters. The number of hydrogen-bond donors (Lipinski definition) is 2. The molecule has 39 heavy (non-hydrogen) atoms. The van der Waals surface area contributed by atoms with Crippen molar-refractivity contribution in [2.45, 2.75) is 12.7 Å². The predicted octanol–water partition coefficient (Wildman–Crippen LogP) is 4.05. The van der Waals surface area contributed by atoms with E-state index >= 15 is 0 Å². The monoisotopic (exact) mass is 546 g/mol. The molecule has 1 aromatic carbocycles. The van der Waals surface area contributed by atoms with Gasteiger partial charge >= 0.3 is 6.18 Å². The van der Waals surface area contributed by atoms with Crippen LogP contribution in [0.5, 0.6) is 28.9 Å². The van der Waals surface area contributed by atoms with E-state index in [9.17, 15) is 18.0 Å². The molecule has 3 heterocycles. The van der Waals surface area contributed by atoms with Gasteiger partial charge in [0.1, 0.15) is 5.75 Å². The number of carbonyl (C=O) groups excluding carboxylic acids is 1. The minimum absolute atomic E-state index is 0.223. The molecule has 4 rings (SSSR count). The summed E-state index contributed by atoms with van der Waals surface area (Å²) >= 11 is 0. The Labute approximate surface area is 220 Å². The lowest BCUT2D eigenvalue weighted by molar-refractivity contribution is -0.153. The van der Waals surface area contributed by atoms with Crippen molar-refractivity contribution in [3.05, 3.63) is 54.6 Å². The first-order valence-corrected chi connectivity index (χ1v) is 11.6. The van der Waals surface area contributed by atoms with Crippen LogP contribution < -0.4 is 29.6 Å². The molecule has 0 aliphatic carbocycles. The number of ether oxygens (including phenoxy) is 4. The minimum atomic E-state index is -4.57. The van der Waals surface area contributed by atoms with Crippen molar-refractivity contribution in [2.24, 2.45) is 0 Å². The highest BCUT2D eigenvalue weighted by atomic mass is 19.4. The fraction of sp³-hybridized carbons (Fsp3) is 0.280. The van der Waals surface area contributed by atoms with Crippen LogP contribution >= 0.6 is 0 Å². The van der Waals surface area contributed by atoms with E-state index in [1.807, 2.05) is 0 Å². The molecule has 1 amide bonds. The zero-order valence-electron chi connectivity index (χ0n) is 21.2. The second-order valence-electron chi connectivity index (χ2n) is 8.09. The van der Waals surface area contributed by atoms with Gasteiger partial charge in [0.05, 0.1) is 44.4 Å². The fourth-order valence-corrected chi connectivity index (χ4v) is 3.52. The molecule has 4 aromatic rings. The third-order valence-electron chi connectivity index (χ3n) is 5.34. The van der Waals surface area contributed by atoms with E-state index in [0.717, 1.165) is 0 Å². The number of nitrogens with zero attached hydrogens (tertiary/aromatic N) is 4. The van der Waals surface area contributed by atoms with Crippen LogP contribution in [0, 0.1) is 0 Å². The number of methoxy groups -OCH3 is 2. The summed E-state index contributed by atoms with van der Waals surface area (Å²) in [5.41, 5.74) is 0.597. The first-order chi connectivity index (χ1) is 18.7. The number of rotatable bonds is 11. The third-order valence-corrected chi connectivity index (χ3v) is 5.34. The number of likely N-dealkylation sites (N-methyl/N-ethyl adjacent to an activating group) is 1. The van der Waals surface area contributed by atoms with Gasteiger partial charge in [-0.3, -0.25) is 14.5 Å². The number of amides is 1. The fourth-order valence-electron chi connectivity index (χ4n) is 3.52. The van der Waals surface area contributed by atoms with Gasteiger partial charge in [0.15, 0.2) is 29.5 Å². The zero-order valence-corrected chi connectivity index (χ0v) is 21.2. The summed E-state index contributed by atoms with van der Waals surface area (Å²) in [7, 11) is 4.76. The maximum Gasteiger partial charge on any atom is 0.422 e. The molecule has 0 aliphatic rings. The second kappa shape index (κ2) is 11.9. The maximum atomic E-state index is 12.8. The van der Waals surface area contributed by atoms with Gasteiger partial charge in [-0.05, 0) is 25.2 Å². The summed E-state index contributed by atoms with van der Waals surface area (Å²) in [4.78, 5) is 21.4. The molecule has 3 aromatic heterocycles. The highest BCUT2D eigenvalue weighted by Gasteiger charge is 2.30. The van der Waals surface area contributed by atoms with Gasteiger partial charge < -0.3 is 29.6 Å². The first-order valence-electron chi connectivity index (χ1n) is 11.6. The molecular formula is C25H25F3N6O5. The number of nitrogens with one attached hydrogen (secondary N) is 2. The normalized spacial score (nSPS) is 11.3. The number of pyridine rings is 2. The van der Waals surface area contributed by atoms with Gasteiger partial charge in [0, 0.05) is 30.3 Å². The molecule has 0 spiro atoms. The van der Waals surface area contributed by atoms with Crippen LogP contribution in [-0.4, -0.2) is 66.3 Å². The summed E-state index contributed by atoms with van der Waals surface area (Å²) in [6.45, 7) is -0.747. The minimum Gasteiger partial charge on any atom is -0.493 e. The standard InChI is InChI=1S/C25H25F3N6O5/c1-29-8-9-34-13-21(38-14-25(26,27)28)23(33-34)24(35)32-15-4-5-22(31-12-15)39-18-6-7-30-17-11-20(37-3)19(36-2)10-16(17)18/h4-7,10-13,29H,8-9,14H2,1-3H3,(H,32,35). The Morgan fingerprint density at radius 2 is 1.79 bits per heavy atom. The molecule has 0 aliphatic heterocycles. The topological polar surface area (TPSA) is 122 Å². The van der Waals surface area contributed by atoms with E-state index in [0.29, 0.717) is 41.2 Å². The number of halogens is 3. The smallest absolute Gasteiger partial charge is 0.422 e. The quantitative estimate of drug-likeness (QED) is 0.287. The SMILES string of the molecule is CNCCn1cc(OCC(F)(F)F)c(C(=O)Nc2ccc(Oc3ccnc4cc(OC)c(OC)cc34)nc2)n1. The number of benzene rings is 1. The highest BCUT2D eigenvalue weighted by Crippen LogP contribution is 2.36. The lowest BCUT2D eigenvalue weighted by atomic mass is 10.2. The summed E-state index contributed by atoms with van der Waals surface area (Å²) < 4.78 is 60.8. The van der Waals surface area contributed by atoms with E-state index in [4.69, 9.17) is 18.9 Å². The molecule has 0 saturated heterocycles. The molecule has 0 fully saturated rings. The predicted molar refractivity (Wildman–Crippen MR) is 135 cm³/mol. The molecular weight excluding hydrogens is 521 g/mol. The van der Waals surface area contributed by atoms with Crippen molar-refractivity contribution >= 4 is 22.5 Å². The lowest BCUT2D eigenvalue weighted by Gasteiger charge is -2.12. The van der Waals surface area contributed by atoms with Gasteiger partial charge in [-0.2, -0.15) is 18.3 Å². The number of anilines is 1. The zero-order chi connectivity index (χ0) is 28.0. The average Bonchev–Trinajstić information content (AvgIpc) is 3.34. The van der Waals surface area contributed by atoms with E-state index in [2.05, 4.69) is 25.7 Å². The van der Waals surface area contributed by atoms with Crippen LogP contribution in [0.4, 0.5) is 18.9 Å². The number of hydrogen-bond acceptors (Lipinski definition) is 9. The Balaban J connectivity index is 1.50. The number of alkyl halides is 3. The summed E-state index contributed by atoms with van der Waals surface area (Å²) in [6, 6.07) is 8.17. The summed E-state index contributed by atoms with van der Waals surface area (Å²) in [5, 5.41) is 10.2. The van der Waals surface area contributed by atoms with Crippen molar-refractivity contribution in [2.75, 3.05) is 39.7 Å². The summed E-state index contributed by atoms with van der Waals surface area (Å²) in [6.07, 6.45) is -0.407. The number of carbonyl (C=O) groups is 1. The van der Waals surface area contributed by atoms with Gasteiger partial charge in [0.2, 0.25) is 5.88 Å². The van der Waals surface area contributed by atoms with Crippen LogP contribution in [-0.2, 0) is 6.54 Å². The molecule has 0 bridgehead atoms. The van der Waals surface area contributed by atoms with Gasteiger partial charge in [0.25, 0.3) is 5.91 Å². The highest BCUT2D eigenvalue weighted by molar-refractivity contribution is 6.04. The molecule has 206 valence electrons. The van der Waals surface area contributed by atoms with Crippen LogP contribution in [0.3, 0.4) is 0 Å². The van der Waals surface area contributed by atoms with Crippen molar-refractivity contribution in [1.29, 1.82) is 0 Å². The molecule has 0 saturated carbocycles. The first kappa shape index (κ1) is 27.4. The van der Waals surface area contributed by atoms with Crippen LogP contribution in [0.25, 0.3) is 10.9 Å². The number of aromatic nitrogens is 4. The Hall–Kier alpha value is -4.59. The van der Waals surface area contributed by atoms with Gasteiger partial charge in [-0.15, -0.1) is 0 Å². The Kier molecular flexibility index (Phi) is 8.34. The van der Waals surface area contributed by atoms with E-state index in [1.54, 1.807) is 31.4 Å². The van der Waals surface area contributed by atoms with Crippen molar-refractivity contribution in [1.82, 2.24) is 25.1 Å². The number of fused-ring (bicyclic) bond motifs is 1. The van der Waals surface area contributed by atoms with Crippen molar-refractivity contribution < 1.29 is 36.9 Å².